The predicted octanol–water partition coefficient (Wildman–Crippen LogP) is 3.07. The monoisotopic (exact) mass is 406 g/mol. The zero-order valence-corrected chi connectivity index (χ0v) is 15.6. The molecule has 2 aromatic rings. The Kier molecular flexibility index (Phi) is 8.28. The molecule has 0 atom stereocenters. The molecule has 0 unspecified atom stereocenters. The Morgan fingerprint density at radius 3 is 2.48 bits per heavy atom. The van der Waals surface area contributed by atoms with Gasteiger partial charge >= 0.3 is 6.03 Å². The second-order valence-corrected chi connectivity index (χ2v) is 6.40. The minimum Gasteiger partial charge on any atom is -0.492 e. The fraction of sp³-hybridized carbons (Fsp3) is 0.316. The molecule has 0 heterocycles. The lowest BCUT2D eigenvalue weighted by Gasteiger charge is -2.22. The van der Waals surface area contributed by atoms with E-state index in [-0.39, 0.29) is 12.6 Å². The van der Waals surface area contributed by atoms with Gasteiger partial charge in [0.2, 0.25) is 0 Å². The van der Waals surface area contributed by atoms with E-state index in [9.17, 15) is 9.90 Å². The second-order valence-electron chi connectivity index (χ2n) is 5.48. The lowest BCUT2D eigenvalue weighted by molar-refractivity contribution is 0.176. The molecule has 5 nitrogen and oxygen atoms in total. The molecule has 2 N–H and O–H groups in total. The number of urea groups is 1. The summed E-state index contributed by atoms with van der Waals surface area (Å²) >= 11 is 3.37. The molecule has 134 valence electrons. The Hall–Kier alpha value is -2.05. The van der Waals surface area contributed by atoms with Crippen LogP contribution >= 0.6 is 15.9 Å². The van der Waals surface area contributed by atoms with Gasteiger partial charge in [0, 0.05) is 17.6 Å². The number of amides is 2. The zero-order valence-electron chi connectivity index (χ0n) is 14.0. The van der Waals surface area contributed by atoms with Crippen LogP contribution in [0.1, 0.15) is 5.56 Å². The second kappa shape index (κ2) is 10.7. The van der Waals surface area contributed by atoms with Crippen LogP contribution in [0.4, 0.5) is 4.79 Å². The van der Waals surface area contributed by atoms with Crippen LogP contribution in [-0.2, 0) is 6.42 Å². The fourth-order valence-electron chi connectivity index (χ4n) is 2.31. The van der Waals surface area contributed by atoms with Crippen molar-refractivity contribution in [3.63, 3.8) is 0 Å². The highest BCUT2D eigenvalue weighted by molar-refractivity contribution is 9.10. The van der Waals surface area contributed by atoms with E-state index in [0.717, 1.165) is 22.2 Å². The van der Waals surface area contributed by atoms with Crippen LogP contribution in [0.2, 0.25) is 0 Å². The molecule has 2 rings (SSSR count). The van der Waals surface area contributed by atoms with Gasteiger partial charge in [-0.05, 0) is 36.2 Å². The number of benzene rings is 2. The maximum atomic E-state index is 12.3. The third-order valence-corrected chi connectivity index (χ3v) is 4.16. The van der Waals surface area contributed by atoms with Crippen molar-refractivity contribution in [1.82, 2.24) is 10.2 Å². The molecule has 0 saturated carbocycles. The van der Waals surface area contributed by atoms with Crippen molar-refractivity contribution >= 4 is 22.0 Å². The van der Waals surface area contributed by atoms with E-state index in [4.69, 9.17) is 4.74 Å². The van der Waals surface area contributed by atoms with Crippen molar-refractivity contribution in [3.05, 3.63) is 64.6 Å². The quantitative estimate of drug-likeness (QED) is 0.629. The van der Waals surface area contributed by atoms with Gasteiger partial charge < -0.3 is 20.1 Å². The van der Waals surface area contributed by atoms with Gasteiger partial charge in [-0.25, -0.2) is 4.79 Å². The number of nitrogens with zero attached hydrogens (tertiary/aromatic N) is 1. The number of ether oxygens (including phenoxy) is 1. The lowest BCUT2D eigenvalue weighted by Crippen LogP contribution is -2.43. The first kappa shape index (κ1) is 19.3. The molecule has 0 radical (unpaired) electrons. The van der Waals surface area contributed by atoms with Gasteiger partial charge in [0.25, 0.3) is 0 Å². The summed E-state index contributed by atoms with van der Waals surface area (Å²) in [4.78, 5) is 13.9. The first-order chi connectivity index (χ1) is 12.2. The Morgan fingerprint density at radius 2 is 1.80 bits per heavy atom. The summed E-state index contributed by atoms with van der Waals surface area (Å²) in [6.45, 7) is 1.61. The van der Waals surface area contributed by atoms with Crippen molar-refractivity contribution in [2.45, 2.75) is 6.42 Å². The third kappa shape index (κ3) is 7.15. The molecule has 0 aromatic heterocycles. The highest BCUT2D eigenvalue weighted by Crippen LogP contribution is 2.15. The van der Waals surface area contributed by atoms with Crippen LogP contribution in [-0.4, -0.2) is 48.9 Å². The van der Waals surface area contributed by atoms with E-state index >= 15 is 0 Å². The summed E-state index contributed by atoms with van der Waals surface area (Å²) in [5.41, 5.74) is 1.16. The average Bonchev–Trinajstić information content (AvgIpc) is 2.64. The fourth-order valence-corrected chi connectivity index (χ4v) is 2.58. The average molecular weight is 407 g/mol. The highest BCUT2D eigenvalue weighted by Gasteiger charge is 2.12. The molecule has 0 aliphatic carbocycles. The Labute approximate surface area is 156 Å². The van der Waals surface area contributed by atoms with Crippen LogP contribution in [0, 0.1) is 0 Å². The van der Waals surface area contributed by atoms with Gasteiger partial charge in [0.15, 0.2) is 0 Å². The molecule has 0 fully saturated rings. The summed E-state index contributed by atoms with van der Waals surface area (Å²) < 4.78 is 6.57. The molecule has 0 bridgehead atoms. The number of carbonyl (C=O) groups excluding carboxylic acids is 1. The number of rotatable bonds is 9. The number of aliphatic hydroxyl groups excluding tert-OH is 1. The van der Waals surface area contributed by atoms with Gasteiger partial charge in [0.1, 0.15) is 12.4 Å². The summed E-state index contributed by atoms with van der Waals surface area (Å²) in [5, 5.41) is 12.0. The molecular weight excluding hydrogens is 384 g/mol. The number of halogens is 1. The van der Waals surface area contributed by atoms with Crippen molar-refractivity contribution in [2.75, 3.05) is 32.8 Å². The maximum Gasteiger partial charge on any atom is 0.317 e. The molecule has 25 heavy (non-hydrogen) atoms. The zero-order chi connectivity index (χ0) is 17.9. The van der Waals surface area contributed by atoms with Crippen LogP contribution in [0.25, 0.3) is 0 Å². The third-order valence-electron chi connectivity index (χ3n) is 3.63. The first-order valence-corrected chi connectivity index (χ1v) is 9.04. The Bertz CT molecular complexity index is 635. The highest BCUT2D eigenvalue weighted by atomic mass is 79.9. The summed E-state index contributed by atoms with van der Waals surface area (Å²) in [5.74, 6) is 0.758. The van der Waals surface area contributed by atoms with Crippen LogP contribution in [0.3, 0.4) is 0 Å². The Balaban J connectivity index is 1.72. The molecule has 0 spiro atoms. The van der Waals surface area contributed by atoms with E-state index in [0.29, 0.717) is 26.2 Å². The Morgan fingerprint density at radius 1 is 1.08 bits per heavy atom. The minimum absolute atomic E-state index is 0.0579. The summed E-state index contributed by atoms with van der Waals surface area (Å²) in [6, 6.07) is 17.3. The van der Waals surface area contributed by atoms with Crippen molar-refractivity contribution in [1.29, 1.82) is 0 Å². The van der Waals surface area contributed by atoms with E-state index in [1.165, 1.54) is 0 Å². The van der Waals surface area contributed by atoms with Crippen molar-refractivity contribution in [3.8, 4) is 5.75 Å². The standard InChI is InChI=1S/C19H23BrN2O3/c20-17-6-8-18(9-7-17)25-15-11-21-19(24)22(13-14-23)12-10-16-4-2-1-3-5-16/h1-9,23H,10-15H2,(H,21,24). The maximum absolute atomic E-state index is 12.3. The van der Waals surface area contributed by atoms with Gasteiger partial charge in [-0.15, -0.1) is 0 Å². The van der Waals surface area contributed by atoms with Gasteiger partial charge in [-0.1, -0.05) is 46.3 Å². The molecule has 0 aliphatic heterocycles. The molecule has 0 aliphatic rings. The first-order valence-electron chi connectivity index (χ1n) is 8.25. The number of hydrogen-bond donors (Lipinski definition) is 2. The van der Waals surface area contributed by atoms with Crippen LogP contribution in [0.5, 0.6) is 5.75 Å². The van der Waals surface area contributed by atoms with Crippen LogP contribution < -0.4 is 10.1 Å². The number of hydrogen-bond acceptors (Lipinski definition) is 3. The van der Waals surface area contributed by atoms with E-state index in [1.54, 1.807) is 4.90 Å². The van der Waals surface area contributed by atoms with Gasteiger partial charge in [0.05, 0.1) is 13.2 Å². The van der Waals surface area contributed by atoms with Gasteiger partial charge in [-0.2, -0.15) is 0 Å². The van der Waals surface area contributed by atoms with E-state index in [1.807, 2.05) is 54.6 Å². The normalized spacial score (nSPS) is 10.3. The van der Waals surface area contributed by atoms with Crippen LogP contribution in [0.15, 0.2) is 59.1 Å². The molecule has 2 aromatic carbocycles. The number of aliphatic hydroxyl groups is 1. The molecule has 2 amide bonds. The molecule has 6 heteroatoms. The predicted molar refractivity (Wildman–Crippen MR) is 102 cm³/mol. The minimum atomic E-state index is -0.190. The SMILES string of the molecule is O=C(NCCOc1ccc(Br)cc1)N(CCO)CCc1ccccc1. The van der Waals surface area contributed by atoms with E-state index in [2.05, 4.69) is 21.2 Å². The summed E-state index contributed by atoms with van der Waals surface area (Å²) in [6.07, 6.45) is 0.754. The van der Waals surface area contributed by atoms with Crippen molar-refractivity contribution in [2.24, 2.45) is 0 Å². The lowest BCUT2D eigenvalue weighted by atomic mass is 10.1. The van der Waals surface area contributed by atoms with Crippen molar-refractivity contribution < 1.29 is 14.6 Å². The smallest absolute Gasteiger partial charge is 0.317 e. The van der Waals surface area contributed by atoms with Gasteiger partial charge in [-0.3, -0.25) is 0 Å². The molecular formula is C19H23BrN2O3. The topological polar surface area (TPSA) is 61.8 Å². The molecule has 0 saturated heterocycles. The largest absolute Gasteiger partial charge is 0.492 e. The summed E-state index contributed by atoms with van der Waals surface area (Å²) in [7, 11) is 0. The number of carbonyl (C=O) groups is 1. The number of nitrogens with one attached hydrogen (secondary N) is 1. The van der Waals surface area contributed by atoms with E-state index < -0.39 is 0 Å².